The summed E-state index contributed by atoms with van der Waals surface area (Å²) in [6.45, 7) is 0.635. The van der Waals surface area contributed by atoms with E-state index in [1.54, 1.807) is 15.9 Å². The molecule has 2 aromatic rings. The molecular formula is C10H8ClIN2OS. The van der Waals surface area contributed by atoms with Crippen LogP contribution in [0.2, 0.25) is 5.15 Å². The number of hydrogen-bond donors (Lipinski definition) is 0. The SMILES string of the molecule is O=c1c(I)c(Cl)ncn1CCc1ccsc1. The maximum Gasteiger partial charge on any atom is 0.268 e. The molecule has 0 aromatic carbocycles. The van der Waals surface area contributed by atoms with Crippen LogP contribution in [0, 0.1) is 3.57 Å². The van der Waals surface area contributed by atoms with E-state index in [1.165, 1.54) is 11.9 Å². The van der Waals surface area contributed by atoms with E-state index in [4.69, 9.17) is 11.6 Å². The average molecular weight is 367 g/mol. The lowest BCUT2D eigenvalue weighted by Crippen LogP contribution is -2.24. The fourth-order valence-electron chi connectivity index (χ4n) is 1.29. The molecule has 0 aliphatic carbocycles. The van der Waals surface area contributed by atoms with Crippen molar-refractivity contribution in [1.29, 1.82) is 0 Å². The summed E-state index contributed by atoms with van der Waals surface area (Å²) >= 11 is 9.34. The van der Waals surface area contributed by atoms with Gasteiger partial charge < -0.3 is 0 Å². The third kappa shape index (κ3) is 2.64. The summed E-state index contributed by atoms with van der Waals surface area (Å²) < 4.78 is 2.07. The highest BCUT2D eigenvalue weighted by atomic mass is 127. The van der Waals surface area contributed by atoms with Gasteiger partial charge in [0, 0.05) is 6.54 Å². The zero-order valence-corrected chi connectivity index (χ0v) is 11.9. The van der Waals surface area contributed by atoms with Gasteiger partial charge in [-0.05, 0) is 51.4 Å². The van der Waals surface area contributed by atoms with Gasteiger partial charge in [-0.25, -0.2) is 4.98 Å². The second-order valence-electron chi connectivity index (χ2n) is 3.23. The Morgan fingerprint density at radius 3 is 3.06 bits per heavy atom. The van der Waals surface area contributed by atoms with E-state index in [0.29, 0.717) is 10.1 Å². The smallest absolute Gasteiger partial charge is 0.268 e. The second kappa shape index (κ2) is 5.29. The molecule has 0 radical (unpaired) electrons. The summed E-state index contributed by atoms with van der Waals surface area (Å²) in [6, 6.07) is 2.06. The van der Waals surface area contributed by atoms with Gasteiger partial charge in [0.1, 0.15) is 8.72 Å². The molecule has 0 fully saturated rings. The van der Waals surface area contributed by atoms with Crippen LogP contribution in [0.15, 0.2) is 27.9 Å². The maximum absolute atomic E-state index is 11.8. The Kier molecular flexibility index (Phi) is 3.99. The van der Waals surface area contributed by atoms with E-state index < -0.39 is 0 Å². The molecule has 0 spiro atoms. The van der Waals surface area contributed by atoms with Crippen molar-refractivity contribution in [2.75, 3.05) is 0 Å². The first-order valence-corrected chi connectivity index (χ1v) is 7.00. The third-order valence-electron chi connectivity index (χ3n) is 2.16. The van der Waals surface area contributed by atoms with Crippen LogP contribution in [0.25, 0.3) is 0 Å². The van der Waals surface area contributed by atoms with Crippen molar-refractivity contribution in [1.82, 2.24) is 9.55 Å². The van der Waals surface area contributed by atoms with Gasteiger partial charge in [-0.1, -0.05) is 11.6 Å². The Hall–Kier alpha value is -0.400. The van der Waals surface area contributed by atoms with Gasteiger partial charge >= 0.3 is 0 Å². The van der Waals surface area contributed by atoms with E-state index in [2.05, 4.69) is 16.4 Å². The average Bonchev–Trinajstić information content (AvgIpc) is 2.78. The van der Waals surface area contributed by atoms with E-state index in [1.807, 2.05) is 28.0 Å². The van der Waals surface area contributed by atoms with Gasteiger partial charge in [-0.2, -0.15) is 11.3 Å². The molecule has 0 bridgehead atoms. The summed E-state index contributed by atoms with van der Waals surface area (Å²) in [5, 5.41) is 4.39. The molecule has 2 rings (SSSR count). The fraction of sp³-hybridized carbons (Fsp3) is 0.200. The summed E-state index contributed by atoms with van der Waals surface area (Å²) in [5.74, 6) is 0. The molecule has 6 heteroatoms. The predicted octanol–water partition coefficient (Wildman–Crippen LogP) is 2.81. The van der Waals surface area contributed by atoms with Crippen LogP contribution in [0.1, 0.15) is 5.56 Å². The first-order chi connectivity index (χ1) is 7.68. The molecule has 0 unspecified atom stereocenters. The number of aromatic nitrogens is 2. The second-order valence-corrected chi connectivity index (χ2v) is 5.45. The van der Waals surface area contributed by atoms with Crippen LogP contribution < -0.4 is 5.56 Å². The minimum atomic E-state index is -0.0733. The molecular weight excluding hydrogens is 359 g/mol. The molecule has 0 aliphatic rings. The van der Waals surface area contributed by atoms with Crippen LogP contribution in [-0.4, -0.2) is 9.55 Å². The lowest BCUT2D eigenvalue weighted by Gasteiger charge is -2.05. The van der Waals surface area contributed by atoms with Crippen molar-refractivity contribution in [3.8, 4) is 0 Å². The summed E-state index contributed by atoms with van der Waals surface area (Å²) in [7, 11) is 0. The summed E-state index contributed by atoms with van der Waals surface area (Å²) in [6.07, 6.45) is 2.34. The minimum absolute atomic E-state index is 0.0733. The van der Waals surface area contributed by atoms with Crippen LogP contribution in [0.4, 0.5) is 0 Å². The monoisotopic (exact) mass is 366 g/mol. The molecule has 2 heterocycles. The predicted molar refractivity (Wildman–Crippen MR) is 74.2 cm³/mol. The van der Waals surface area contributed by atoms with E-state index >= 15 is 0 Å². The van der Waals surface area contributed by atoms with Crippen LogP contribution in [-0.2, 0) is 13.0 Å². The fourth-order valence-corrected chi connectivity index (χ4v) is 2.56. The summed E-state index contributed by atoms with van der Waals surface area (Å²) in [5.41, 5.74) is 1.16. The zero-order valence-electron chi connectivity index (χ0n) is 8.19. The van der Waals surface area contributed by atoms with Crippen LogP contribution in [0.5, 0.6) is 0 Å². The number of halogens is 2. The Morgan fingerprint density at radius 2 is 2.38 bits per heavy atom. The Bertz CT molecular complexity index is 538. The van der Waals surface area contributed by atoms with Crippen LogP contribution >= 0.6 is 45.5 Å². The highest BCUT2D eigenvalue weighted by Gasteiger charge is 2.06. The lowest BCUT2D eigenvalue weighted by atomic mass is 10.2. The van der Waals surface area contributed by atoms with Crippen LogP contribution in [0.3, 0.4) is 0 Å². The van der Waals surface area contributed by atoms with Gasteiger partial charge in [-0.3, -0.25) is 9.36 Å². The van der Waals surface area contributed by atoms with E-state index in [-0.39, 0.29) is 10.7 Å². The van der Waals surface area contributed by atoms with Crippen molar-refractivity contribution in [3.05, 3.63) is 47.8 Å². The molecule has 0 saturated carbocycles. The molecule has 0 amide bonds. The topological polar surface area (TPSA) is 34.9 Å². The molecule has 16 heavy (non-hydrogen) atoms. The van der Waals surface area contributed by atoms with E-state index in [0.717, 1.165) is 6.42 Å². The Labute approximate surface area is 115 Å². The Morgan fingerprint density at radius 1 is 1.56 bits per heavy atom. The summed E-state index contributed by atoms with van der Waals surface area (Å²) in [4.78, 5) is 15.7. The quantitative estimate of drug-likeness (QED) is 0.618. The van der Waals surface area contributed by atoms with Crippen molar-refractivity contribution < 1.29 is 0 Å². The van der Waals surface area contributed by atoms with Crippen molar-refractivity contribution in [2.24, 2.45) is 0 Å². The van der Waals surface area contributed by atoms with Gasteiger partial charge in [0.15, 0.2) is 0 Å². The first-order valence-electron chi connectivity index (χ1n) is 4.60. The molecule has 84 valence electrons. The van der Waals surface area contributed by atoms with Crippen molar-refractivity contribution >= 4 is 45.5 Å². The van der Waals surface area contributed by atoms with Gasteiger partial charge in [0.05, 0.1) is 6.33 Å². The standard InChI is InChI=1S/C10H8ClIN2OS/c11-9-8(12)10(15)14(6-13-9)3-1-7-2-4-16-5-7/h2,4-6H,1,3H2. The molecule has 0 atom stereocenters. The lowest BCUT2D eigenvalue weighted by molar-refractivity contribution is 0.652. The van der Waals surface area contributed by atoms with Gasteiger partial charge in [0.25, 0.3) is 5.56 Å². The third-order valence-corrected chi connectivity index (χ3v) is 4.47. The normalized spacial score (nSPS) is 10.6. The van der Waals surface area contributed by atoms with Gasteiger partial charge in [0.2, 0.25) is 0 Å². The largest absolute Gasteiger partial charge is 0.298 e. The van der Waals surface area contributed by atoms with E-state index in [9.17, 15) is 4.79 Å². The molecule has 3 nitrogen and oxygen atoms in total. The number of thiophene rings is 1. The molecule has 0 aliphatic heterocycles. The Balaban J connectivity index is 2.17. The minimum Gasteiger partial charge on any atom is -0.298 e. The molecule has 0 saturated heterocycles. The number of rotatable bonds is 3. The number of hydrogen-bond acceptors (Lipinski definition) is 3. The maximum atomic E-state index is 11.8. The highest BCUT2D eigenvalue weighted by molar-refractivity contribution is 14.1. The van der Waals surface area contributed by atoms with Crippen molar-refractivity contribution in [3.63, 3.8) is 0 Å². The molecule has 2 aromatic heterocycles. The van der Waals surface area contributed by atoms with Gasteiger partial charge in [-0.15, -0.1) is 0 Å². The first kappa shape index (κ1) is 12.1. The molecule has 0 N–H and O–H groups in total. The number of aryl methyl sites for hydroxylation is 2. The van der Waals surface area contributed by atoms with Crippen molar-refractivity contribution in [2.45, 2.75) is 13.0 Å². The number of nitrogens with zero attached hydrogens (tertiary/aromatic N) is 2. The zero-order chi connectivity index (χ0) is 11.5. The highest BCUT2D eigenvalue weighted by Crippen LogP contribution is 2.10.